The van der Waals surface area contributed by atoms with Crippen LogP contribution in [0.15, 0.2) is 37.2 Å². The van der Waals surface area contributed by atoms with Crippen LogP contribution in [-0.2, 0) is 11.3 Å². The van der Waals surface area contributed by atoms with Gasteiger partial charge in [0.1, 0.15) is 0 Å². The lowest BCUT2D eigenvalue weighted by Crippen LogP contribution is -2.50. The lowest BCUT2D eigenvalue weighted by atomic mass is 9.78. The van der Waals surface area contributed by atoms with E-state index in [4.69, 9.17) is 0 Å². The maximum Gasteiger partial charge on any atom is 0.236 e. The summed E-state index contributed by atoms with van der Waals surface area (Å²) in [6, 6.07) is 3.92. The maximum atomic E-state index is 12.6. The predicted octanol–water partition coefficient (Wildman–Crippen LogP) is 1.69. The topological polar surface area (TPSA) is 56.7 Å². The van der Waals surface area contributed by atoms with E-state index in [2.05, 4.69) is 11.6 Å². The Balaban J connectivity index is 1.90. The number of aromatic nitrogens is 1. The summed E-state index contributed by atoms with van der Waals surface area (Å²) in [5.41, 5.74) is 0.935. The van der Waals surface area contributed by atoms with Gasteiger partial charge in [-0.25, -0.2) is 0 Å². The minimum atomic E-state index is -0.209. The molecule has 1 aliphatic rings. The van der Waals surface area contributed by atoms with Crippen LogP contribution in [0.4, 0.5) is 0 Å². The van der Waals surface area contributed by atoms with Gasteiger partial charge in [-0.15, -0.1) is 6.58 Å². The van der Waals surface area contributed by atoms with Crippen molar-refractivity contribution >= 4 is 5.91 Å². The molecule has 1 amide bonds. The second-order valence-corrected chi connectivity index (χ2v) is 6.60. The number of pyridine rings is 1. The van der Waals surface area contributed by atoms with Crippen molar-refractivity contribution < 1.29 is 9.90 Å². The van der Waals surface area contributed by atoms with Crippen LogP contribution in [0, 0.1) is 5.41 Å². The molecule has 1 atom stereocenters. The van der Waals surface area contributed by atoms with Gasteiger partial charge in [-0.1, -0.05) is 6.08 Å². The number of likely N-dealkylation sites (tertiary alicyclic amines) is 1. The summed E-state index contributed by atoms with van der Waals surface area (Å²) in [4.78, 5) is 20.5. The third-order valence-corrected chi connectivity index (χ3v) is 4.53. The zero-order valence-electron chi connectivity index (χ0n) is 13.9. The normalized spacial score (nSPS) is 21.4. The first-order valence-corrected chi connectivity index (χ1v) is 8.15. The highest BCUT2D eigenvalue weighted by Crippen LogP contribution is 2.33. The molecule has 126 valence electrons. The van der Waals surface area contributed by atoms with Crippen molar-refractivity contribution in [2.45, 2.75) is 25.8 Å². The summed E-state index contributed by atoms with van der Waals surface area (Å²) in [6.07, 6.45) is 8.02. The number of carbonyl (C=O) groups is 1. The molecule has 1 saturated heterocycles. The van der Waals surface area contributed by atoms with Crippen molar-refractivity contribution in [3.05, 3.63) is 42.7 Å². The van der Waals surface area contributed by atoms with Gasteiger partial charge in [-0.3, -0.25) is 14.7 Å². The van der Waals surface area contributed by atoms with Crippen LogP contribution in [0.2, 0.25) is 0 Å². The van der Waals surface area contributed by atoms with E-state index in [1.807, 2.05) is 35.1 Å². The number of likely N-dealkylation sites (N-methyl/N-ethyl adjacent to an activating group) is 1. The standard InChI is InChI=1S/C18H27N3O2/c1-3-7-18(15-22)8-4-11-21(14-18)17(23)13-20(2)12-16-5-9-19-10-6-16/h3,5-6,9-10,22H,1,4,7-8,11-15H2,2H3/t18-/m1/s1. The monoisotopic (exact) mass is 317 g/mol. The first-order chi connectivity index (χ1) is 11.1. The van der Waals surface area contributed by atoms with Crippen molar-refractivity contribution in [2.24, 2.45) is 5.41 Å². The Morgan fingerprint density at radius 1 is 1.52 bits per heavy atom. The molecule has 0 unspecified atom stereocenters. The second-order valence-electron chi connectivity index (χ2n) is 6.60. The molecule has 0 radical (unpaired) electrons. The fraction of sp³-hybridized carbons (Fsp3) is 0.556. The number of hydrogen-bond acceptors (Lipinski definition) is 4. The van der Waals surface area contributed by atoms with Gasteiger partial charge in [0, 0.05) is 37.4 Å². The number of hydrogen-bond donors (Lipinski definition) is 1. The number of aliphatic hydroxyl groups is 1. The predicted molar refractivity (Wildman–Crippen MR) is 90.7 cm³/mol. The molecular weight excluding hydrogens is 290 g/mol. The Bertz CT molecular complexity index is 520. The Morgan fingerprint density at radius 2 is 2.26 bits per heavy atom. The summed E-state index contributed by atoms with van der Waals surface area (Å²) in [6.45, 7) is 6.40. The summed E-state index contributed by atoms with van der Waals surface area (Å²) < 4.78 is 0. The van der Waals surface area contributed by atoms with Gasteiger partial charge in [-0.05, 0) is 44.0 Å². The van der Waals surface area contributed by atoms with Crippen molar-refractivity contribution in [2.75, 3.05) is 33.3 Å². The van der Waals surface area contributed by atoms with Crippen molar-refractivity contribution in [3.63, 3.8) is 0 Å². The quantitative estimate of drug-likeness (QED) is 0.778. The van der Waals surface area contributed by atoms with Gasteiger partial charge in [0.05, 0.1) is 13.2 Å². The molecule has 5 nitrogen and oxygen atoms in total. The lowest BCUT2D eigenvalue weighted by Gasteiger charge is -2.41. The lowest BCUT2D eigenvalue weighted by molar-refractivity contribution is -0.136. The second kappa shape index (κ2) is 8.22. The van der Waals surface area contributed by atoms with E-state index in [-0.39, 0.29) is 17.9 Å². The summed E-state index contributed by atoms with van der Waals surface area (Å²) >= 11 is 0. The molecule has 0 bridgehead atoms. The van der Waals surface area contributed by atoms with Crippen LogP contribution < -0.4 is 0 Å². The molecular formula is C18H27N3O2. The zero-order valence-corrected chi connectivity index (χ0v) is 13.9. The van der Waals surface area contributed by atoms with Crippen molar-refractivity contribution in [1.82, 2.24) is 14.8 Å². The largest absolute Gasteiger partial charge is 0.396 e. The molecule has 1 fully saturated rings. The van der Waals surface area contributed by atoms with E-state index < -0.39 is 0 Å². The number of carbonyl (C=O) groups excluding carboxylic acids is 1. The van der Waals surface area contributed by atoms with Gasteiger partial charge in [-0.2, -0.15) is 0 Å². The number of amides is 1. The van der Waals surface area contributed by atoms with Gasteiger partial charge < -0.3 is 10.0 Å². The molecule has 0 saturated carbocycles. The van der Waals surface area contributed by atoms with E-state index in [1.165, 1.54) is 0 Å². The van der Waals surface area contributed by atoms with E-state index in [9.17, 15) is 9.90 Å². The fourth-order valence-corrected chi connectivity index (χ4v) is 3.27. The molecule has 2 heterocycles. The molecule has 0 aromatic carbocycles. The van der Waals surface area contributed by atoms with Crippen LogP contribution in [0.3, 0.4) is 0 Å². The third kappa shape index (κ3) is 4.88. The molecule has 0 spiro atoms. The first-order valence-electron chi connectivity index (χ1n) is 8.15. The minimum absolute atomic E-state index is 0.107. The third-order valence-electron chi connectivity index (χ3n) is 4.53. The fourth-order valence-electron chi connectivity index (χ4n) is 3.27. The Kier molecular flexibility index (Phi) is 6.30. The van der Waals surface area contributed by atoms with Crippen molar-refractivity contribution in [1.29, 1.82) is 0 Å². The number of allylic oxidation sites excluding steroid dienone is 1. The number of piperidine rings is 1. The van der Waals surface area contributed by atoms with Gasteiger partial charge in [0.25, 0.3) is 0 Å². The highest BCUT2D eigenvalue weighted by molar-refractivity contribution is 5.78. The maximum absolute atomic E-state index is 12.6. The van der Waals surface area contributed by atoms with Crippen LogP contribution in [0.1, 0.15) is 24.8 Å². The first kappa shape index (κ1) is 17.6. The van der Waals surface area contributed by atoms with E-state index in [0.717, 1.165) is 37.9 Å². The Labute approximate surface area is 138 Å². The molecule has 5 heteroatoms. The molecule has 2 rings (SSSR count). The molecule has 1 aromatic rings. The Morgan fingerprint density at radius 3 is 2.91 bits per heavy atom. The van der Waals surface area contributed by atoms with Gasteiger partial charge in [0.15, 0.2) is 0 Å². The van der Waals surface area contributed by atoms with E-state index in [1.54, 1.807) is 12.4 Å². The number of nitrogens with zero attached hydrogens (tertiary/aromatic N) is 3. The average Bonchev–Trinajstić information content (AvgIpc) is 2.56. The molecule has 1 N–H and O–H groups in total. The van der Waals surface area contributed by atoms with Crippen LogP contribution >= 0.6 is 0 Å². The van der Waals surface area contributed by atoms with Crippen molar-refractivity contribution in [3.8, 4) is 0 Å². The SMILES string of the molecule is C=CC[C@@]1(CO)CCCN(C(=O)CN(C)Cc2ccncc2)C1. The van der Waals surface area contributed by atoms with E-state index >= 15 is 0 Å². The van der Waals surface area contributed by atoms with E-state index in [0.29, 0.717) is 13.1 Å². The molecule has 23 heavy (non-hydrogen) atoms. The highest BCUT2D eigenvalue weighted by Gasteiger charge is 2.35. The Hall–Kier alpha value is -1.72. The summed E-state index contributed by atoms with van der Waals surface area (Å²) in [7, 11) is 1.95. The van der Waals surface area contributed by atoms with Gasteiger partial charge in [0.2, 0.25) is 5.91 Å². The molecule has 0 aliphatic carbocycles. The molecule has 1 aromatic heterocycles. The summed E-state index contributed by atoms with van der Waals surface area (Å²) in [5, 5.41) is 9.75. The van der Waals surface area contributed by atoms with Crippen LogP contribution in [-0.4, -0.2) is 59.1 Å². The minimum Gasteiger partial charge on any atom is -0.396 e. The highest BCUT2D eigenvalue weighted by atomic mass is 16.3. The smallest absolute Gasteiger partial charge is 0.236 e. The van der Waals surface area contributed by atoms with Crippen LogP contribution in [0.5, 0.6) is 0 Å². The zero-order chi connectivity index (χ0) is 16.7. The number of rotatable bonds is 7. The summed E-state index contributed by atoms with van der Waals surface area (Å²) in [5.74, 6) is 0.128. The number of aliphatic hydroxyl groups excluding tert-OH is 1. The van der Waals surface area contributed by atoms with Gasteiger partial charge >= 0.3 is 0 Å². The van der Waals surface area contributed by atoms with Crippen LogP contribution in [0.25, 0.3) is 0 Å². The average molecular weight is 317 g/mol. The molecule has 1 aliphatic heterocycles.